The summed E-state index contributed by atoms with van der Waals surface area (Å²) in [6.07, 6.45) is 2.99. The van der Waals surface area contributed by atoms with Gasteiger partial charge in [0.05, 0.1) is 16.8 Å². The van der Waals surface area contributed by atoms with Crippen LogP contribution in [0.3, 0.4) is 0 Å². The number of aromatic nitrogens is 2. The number of hydrogen-bond donors (Lipinski definition) is 0. The first-order valence-corrected chi connectivity index (χ1v) is 5.38. The fraction of sp³-hybridized carbons (Fsp3) is 0. The maximum atomic E-state index is 11.2. The van der Waals surface area contributed by atoms with Gasteiger partial charge in [0.15, 0.2) is 12.4 Å². The number of hydrogen-bond acceptors (Lipinski definition) is 2. The summed E-state index contributed by atoms with van der Waals surface area (Å²) in [6, 6.07) is 15.5. The Balaban J connectivity index is 2.18. The molecule has 0 saturated carbocycles. The highest BCUT2D eigenvalue weighted by Gasteiger charge is 2.03. The molecule has 1 aromatic carbocycles. The zero-order valence-electron chi connectivity index (χ0n) is 9.08. The van der Waals surface area contributed by atoms with Gasteiger partial charge < -0.3 is 5.21 Å². The van der Waals surface area contributed by atoms with E-state index in [1.165, 1.54) is 12.4 Å². The maximum absolute atomic E-state index is 11.2. The average molecular weight is 222 g/mol. The van der Waals surface area contributed by atoms with Crippen molar-refractivity contribution in [3.63, 3.8) is 0 Å². The van der Waals surface area contributed by atoms with Gasteiger partial charge in [-0.15, -0.1) is 0 Å². The van der Waals surface area contributed by atoms with Gasteiger partial charge in [-0.05, 0) is 18.2 Å². The van der Waals surface area contributed by atoms with Crippen LogP contribution in [-0.2, 0) is 0 Å². The molecule has 0 fully saturated rings. The second-order valence-corrected chi connectivity index (χ2v) is 3.84. The molecule has 0 atom stereocenters. The molecule has 3 heteroatoms. The molecule has 3 aromatic rings. The molecule has 0 unspecified atom stereocenters. The molecule has 82 valence electrons. The van der Waals surface area contributed by atoms with Crippen LogP contribution in [0.5, 0.6) is 0 Å². The molecule has 2 aromatic heterocycles. The summed E-state index contributed by atoms with van der Waals surface area (Å²) in [5, 5.41) is 12.3. The molecule has 0 N–H and O–H groups in total. The second kappa shape index (κ2) is 3.87. The molecule has 0 saturated heterocycles. The molecule has 0 spiro atoms. The van der Waals surface area contributed by atoms with Crippen LogP contribution in [0, 0.1) is 5.21 Å². The summed E-state index contributed by atoms with van der Waals surface area (Å²) in [5.74, 6) is 0. The lowest BCUT2D eigenvalue weighted by molar-refractivity contribution is -0.604. The fourth-order valence-electron chi connectivity index (χ4n) is 1.83. The van der Waals surface area contributed by atoms with Crippen molar-refractivity contribution in [1.82, 2.24) is 4.98 Å². The summed E-state index contributed by atoms with van der Waals surface area (Å²) in [5.41, 5.74) is 2.58. The minimum atomic E-state index is 0.784. The summed E-state index contributed by atoms with van der Waals surface area (Å²) < 4.78 is 0.784. The molecule has 3 rings (SSSR count). The zero-order chi connectivity index (χ0) is 11.7. The molecule has 0 aliphatic rings. The van der Waals surface area contributed by atoms with E-state index in [0.29, 0.717) is 0 Å². The van der Waals surface area contributed by atoms with Crippen molar-refractivity contribution in [2.75, 3.05) is 0 Å². The maximum Gasteiger partial charge on any atom is 0.189 e. The van der Waals surface area contributed by atoms with Crippen molar-refractivity contribution in [2.45, 2.75) is 0 Å². The number of nitrogens with zero attached hydrogens (tertiary/aromatic N) is 2. The minimum absolute atomic E-state index is 0.784. The Morgan fingerprint density at radius 1 is 0.941 bits per heavy atom. The van der Waals surface area contributed by atoms with Gasteiger partial charge in [-0.1, -0.05) is 24.3 Å². The van der Waals surface area contributed by atoms with Crippen molar-refractivity contribution in [3.8, 4) is 11.3 Å². The second-order valence-electron chi connectivity index (χ2n) is 3.84. The van der Waals surface area contributed by atoms with E-state index in [0.717, 1.165) is 26.9 Å². The van der Waals surface area contributed by atoms with Crippen LogP contribution in [0.15, 0.2) is 60.9 Å². The lowest BCUT2D eigenvalue weighted by Crippen LogP contribution is -2.24. The third kappa shape index (κ3) is 1.83. The molecule has 0 aliphatic carbocycles. The van der Waals surface area contributed by atoms with Crippen molar-refractivity contribution in [1.29, 1.82) is 0 Å². The van der Waals surface area contributed by atoms with Gasteiger partial charge in [0, 0.05) is 11.5 Å². The third-order valence-electron chi connectivity index (χ3n) is 2.67. The first-order valence-electron chi connectivity index (χ1n) is 5.38. The van der Waals surface area contributed by atoms with Gasteiger partial charge in [-0.3, -0.25) is 0 Å². The number of rotatable bonds is 1. The highest BCUT2D eigenvalue weighted by atomic mass is 16.5. The van der Waals surface area contributed by atoms with Crippen LogP contribution in [0.2, 0.25) is 0 Å². The highest BCUT2D eigenvalue weighted by Crippen LogP contribution is 2.19. The van der Waals surface area contributed by atoms with Gasteiger partial charge in [-0.2, -0.15) is 4.73 Å². The molecular weight excluding hydrogens is 212 g/mol. The zero-order valence-corrected chi connectivity index (χ0v) is 9.08. The summed E-state index contributed by atoms with van der Waals surface area (Å²) >= 11 is 0. The van der Waals surface area contributed by atoms with Crippen LogP contribution in [-0.4, -0.2) is 4.98 Å². The van der Waals surface area contributed by atoms with E-state index in [1.807, 2.05) is 42.5 Å². The number of benzene rings is 1. The van der Waals surface area contributed by atoms with E-state index in [-0.39, 0.29) is 0 Å². The predicted molar refractivity (Wildman–Crippen MR) is 66.1 cm³/mol. The van der Waals surface area contributed by atoms with Crippen LogP contribution in [0.4, 0.5) is 0 Å². The third-order valence-corrected chi connectivity index (χ3v) is 2.67. The Kier molecular flexibility index (Phi) is 2.22. The van der Waals surface area contributed by atoms with Crippen LogP contribution >= 0.6 is 0 Å². The number of para-hydroxylation sites is 1. The number of pyridine rings is 2. The molecule has 0 aliphatic heterocycles. The van der Waals surface area contributed by atoms with Gasteiger partial charge in [0.25, 0.3) is 0 Å². The van der Waals surface area contributed by atoms with E-state index in [9.17, 15) is 5.21 Å². The van der Waals surface area contributed by atoms with Crippen molar-refractivity contribution in [2.24, 2.45) is 0 Å². The monoisotopic (exact) mass is 222 g/mol. The normalized spacial score (nSPS) is 10.6. The molecule has 0 bridgehead atoms. The molecular formula is C14H10N2O. The lowest BCUT2D eigenvalue weighted by atomic mass is 10.1. The molecule has 3 nitrogen and oxygen atoms in total. The quantitative estimate of drug-likeness (QED) is 0.469. The van der Waals surface area contributed by atoms with E-state index >= 15 is 0 Å². The Morgan fingerprint density at radius 2 is 1.82 bits per heavy atom. The predicted octanol–water partition coefficient (Wildman–Crippen LogP) is 2.54. The molecule has 0 radical (unpaired) electrons. The van der Waals surface area contributed by atoms with Gasteiger partial charge in [0.1, 0.15) is 0 Å². The largest absolute Gasteiger partial charge is 0.619 e. The Labute approximate surface area is 98.6 Å². The number of fused-ring (bicyclic) bond motifs is 1. The molecule has 17 heavy (non-hydrogen) atoms. The summed E-state index contributed by atoms with van der Waals surface area (Å²) in [6.45, 7) is 0. The minimum Gasteiger partial charge on any atom is -0.619 e. The summed E-state index contributed by atoms with van der Waals surface area (Å²) in [7, 11) is 0. The Hall–Kier alpha value is -2.42. The first-order chi connectivity index (χ1) is 8.33. The molecule has 2 heterocycles. The van der Waals surface area contributed by atoms with E-state index in [4.69, 9.17) is 0 Å². The molecule has 0 amide bonds. The van der Waals surface area contributed by atoms with E-state index in [1.54, 1.807) is 6.07 Å². The summed E-state index contributed by atoms with van der Waals surface area (Å²) in [4.78, 5) is 4.53. The van der Waals surface area contributed by atoms with Crippen LogP contribution in [0.1, 0.15) is 0 Å². The van der Waals surface area contributed by atoms with E-state index in [2.05, 4.69) is 4.98 Å². The lowest BCUT2D eigenvalue weighted by Gasteiger charge is -2.02. The van der Waals surface area contributed by atoms with Gasteiger partial charge in [0.2, 0.25) is 0 Å². The van der Waals surface area contributed by atoms with Crippen molar-refractivity contribution in [3.05, 3.63) is 66.1 Å². The van der Waals surface area contributed by atoms with Gasteiger partial charge in [-0.25, -0.2) is 4.98 Å². The topological polar surface area (TPSA) is 39.8 Å². The first kappa shape index (κ1) is 9.78. The van der Waals surface area contributed by atoms with E-state index < -0.39 is 0 Å². The SMILES string of the molecule is [O-][n+]1cccc(-c2ccc3ccccc3n2)c1. The highest BCUT2D eigenvalue weighted by molar-refractivity contribution is 5.81. The smallest absolute Gasteiger partial charge is 0.189 e. The van der Waals surface area contributed by atoms with Crippen LogP contribution < -0.4 is 4.73 Å². The fourth-order valence-corrected chi connectivity index (χ4v) is 1.83. The average Bonchev–Trinajstić information content (AvgIpc) is 2.38. The van der Waals surface area contributed by atoms with Crippen molar-refractivity contribution < 1.29 is 4.73 Å². The van der Waals surface area contributed by atoms with Gasteiger partial charge >= 0.3 is 0 Å². The standard InChI is InChI=1S/C14H10N2O/c17-16-9-3-5-12(10-16)14-8-7-11-4-1-2-6-13(11)15-14/h1-10H. The van der Waals surface area contributed by atoms with Crippen LogP contribution in [0.25, 0.3) is 22.2 Å². The Morgan fingerprint density at radius 3 is 2.71 bits per heavy atom. The van der Waals surface area contributed by atoms with Crippen molar-refractivity contribution >= 4 is 10.9 Å². The Bertz CT molecular complexity index is 680.